The largest absolute Gasteiger partial charge is 0.462 e. The lowest BCUT2D eigenvalue weighted by Gasteiger charge is -2.09. The van der Waals surface area contributed by atoms with E-state index < -0.39 is 5.97 Å². The van der Waals surface area contributed by atoms with Crippen molar-refractivity contribution in [3.05, 3.63) is 28.7 Å². The molecule has 0 saturated carbocycles. The van der Waals surface area contributed by atoms with E-state index in [1.807, 2.05) is 19.9 Å². The van der Waals surface area contributed by atoms with Gasteiger partial charge in [-0.1, -0.05) is 0 Å². The first kappa shape index (κ1) is 16.6. The van der Waals surface area contributed by atoms with E-state index in [1.54, 1.807) is 13.8 Å². The maximum absolute atomic E-state index is 12.2. The fraction of sp³-hybridized carbons (Fsp3) is 0.400. The number of aryl methyl sites for hydroxylation is 3. The Bertz CT molecular complexity index is 746. The highest BCUT2D eigenvalue weighted by atomic mass is 16.5. The van der Waals surface area contributed by atoms with Crippen LogP contribution in [0, 0.1) is 20.8 Å². The molecular weight excluding hydrogens is 298 g/mol. The van der Waals surface area contributed by atoms with E-state index in [9.17, 15) is 9.59 Å². The van der Waals surface area contributed by atoms with Crippen molar-refractivity contribution in [3.63, 3.8) is 0 Å². The summed E-state index contributed by atoms with van der Waals surface area (Å²) in [7, 11) is 0. The zero-order chi connectivity index (χ0) is 17.1. The number of ether oxygens (including phenoxy) is 1. The molecule has 1 amide bonds. The Labute approximate surface area is 133 Å². The number of carbonyl (C=O) groups excluding carboxylic acids is 2. The van der Waals surface area contributed by atoms with Crippen LogP contribution in [0.15, 0.2) is 6.07 Å². The Morgan fingerprint density at radius 1 is 1.22 bits per heavy atom. The Hall–Kier alpha value is -2.77. The molecule has 0 unspecified atom stereocenters. The van der Waals surface area contributed by atoms with Crippen LogP contribution in [0.4, 0.5) is 5.82 Å². The van der Waals surface area contributed by atoms with Crippen LogP contribution in [0.5, 0.6) is 0 Å². The van der Waals surface area contributed by atoms with Crippen molar-refractivity contribution in [1.29, 1.82) is 0 Å². The van der Waals surface area contributed by atoms with Crippen LogP contribution in [-0.4, -0.2) is 38.2 Å². The van der Waals surface area contributed by atoms with Gasteiger partial charge in [-0.15, -0.1) is 0 Å². The minimum Gasteiger partial charge on any atom is -0.462 e. The molecule has 2 heterocycles. The third-order valence-corrected chi connectivity index (χ3v) is 2.99. The van der Waals surface area contributed by atoms with Gasteiger partial charge in [0.1, 0.15) is 5.56 Å². The van der Waals surface area contributed by atoms with Crippen LogP contribution in [0.3, 0.4) is 0 Å². The number of amides is 1. The van der Waals surface area contributed by atoms with Gasteiger partial charge in [0, 0.05) is 18.3 Å². The molecule has 0 bridgehead atoms. The van der Waals surface area contributed by atoms with Crippen molar-refractivity contribution in [1.82, 2.24) is 19.7 Å². The second-order valence-electron chi connectivity index (χ2n) is 5.07. The molecule has 8 heteroatoms. The van der Waals surface area contributed by atoms with Gasteiger partial charge in [0.05, 0.1) is 12.3 Å². The number of hydrogen-bond donors (Lipinski definition) is 1. The highest BCUT2D eigenvalue weighted by molar-refractivity contribution is 6.00. The third-order valence-electron chi connectivity index (χ3n) is 2.99. The van der Waals surface area contributed by atoms with Crippen molar-refractivity contribution in [2.75, 3.05) is 11.9 Å². The Balaban J connectivity index is 2.65. The molecule has 122 valence electrons. The van der Waals surface area contributed by atoms with Crippen LogP contribution in [0.2, 0.25) is 0 Å². The molecule has 2 rings (SSSR count). The first-order valence-corrected chi connectivity index (χ1v) is 7.20. The average molecular weight is 317 g/mol. The zero-order valence-electron chi connectivity index (χ0n) is 13.8. The normalized spacial score (nSPS) is 10.5. The van der Waals surface area contributed by atoms with Gasteiger partial charge in [0.15, 0.2) is 5.82 Å². The molecule has 0 fully saturated rings. The molecule has 1 N–H and O–H groups in total. The van der Waals surface area contributed by atoms with E-state index in [0.29, 0.717) is 5.69 Å². The van der Waals surface area contributed by atoms with Crippen molar-refractivity contribution < 1.29 is 14.3 Å². The molecule has 0 atom stereocenters. The van der Waals surface area contributed by atoms with E-state index in [4.69, 9.17) is 4.74 Å². The molecule has 8 nitrogen and oxygen atoms in total. The van der Waals surface area contributed by atoms with Crippen LogP contribution >= 0.6 is 0 Å². The smallest absolute Gasteiger partial charge is 0.343 e. The minimum atomic E-state index is -0.552. The number of esters is 1. The fourth-order valence-electron chi connectivity index (χ4n) is 2.20. The van der Waals surface area contributed by atoms with Crippen LogP contribution in [0.25, 0.3) is 5.95 Å². The summed E-state index contributed by atoms with van der Waals surface area (Å²) in [5.41, 5.74) is 2.14. The van der Waals surface area contributed by atoms with Crippen molar-refractivity contribution in [3.8, 4) is 5.95 Å². The van der Waals surface area contributed by atoms with E-state index >= 15 is 0 Å². The van der Waals surface area contributed by atoms with Gasteiger partial charge in [-0.05, 0) is 33.8 Å². The summed E-state index contributed by atoms with van der Waals surface area (Å²) in [6.07, 6.45) is 0. The summed E-state index contributed by atoms with van der Waals surface area (Å²) in [5, 5.41) is 6.92. The highest BCUT2D eigenvalue weighted by Gasteiger charge is 2.25. The van der Waals surface area contributed by atoms with Gasteiger partial charge < -0.3 is 10.1 Å². The predicted octanol–water partition coefficient (Wildman–Crippen LogP) is 1.72. The molecule has 0 aliphatic rings. The van der Waals surface area contributed by atoms with Crippen LogP contribution in [0.1, 0.15) is 41.3 Å². The lowest BCUT2D eigenvalue weighted by molar-refractivity contribution is -0.114. The Morgan fingerprint density at radius 3 is 2.35 bits per heavy atom. The predicted molar refractivity (Wildman–Crippen MR) is 83.6 cm³/mol. The molecule has 2 aromatic heterocycles. The highest BCUT2D eigenvalue weighted by Crippen LogP contribution is 2.23. The lowest BCUT2D eigenvalue weighted by Crippen LogP contribution is -2.16. The first-order valence-electron chi connectivity index (χ1n) is 7.20. The molecule has 0 spiro atoms. The van der Waals surface area contributed by atoms with Gasteiger partial charge in [-0.2, -0.15) is 9.78 Å². The van der Waals surface area contributed by atoms with Gasteiger partial charge in [-0.3, -0.25) is 4.79 Å². The maximum Gasteiger partial charge on any atom is 0.343 e. The number of nitrogens with one attached hydrogen (secondary N) is 1. The van der Waals surface area contributed by atoms with E-state index in [1.165, 1.54) is 11.6 Å². The van der Waals surface area contributed by atoms with Crippen molar-refractivity contribution in [2.45, 2.75) is 34.6 Å². The number of rotatable bonds is 4. The molecular formula is C15H19N5O3. The van der Waals surface area contributed by atoms with Gasteiger partial charge in [0.2, 0.25) is 5.91 Å². The quantitative estimate of drug-likeness (QED) is 0.862. The zero-order valence-corrected chi connectivity index (χ0v) is 13.8. The van der Waals surface area contributed by atoms with Crippen LogP contribution < -0.4 is 5.32 Å². The van der Waals surface area contributed by atoms with Crippen molar-refractivity contribution in [2.24, 2.45) is 0 Å². The number of nitrogens with zero attached hydrogens (tertiary/aromatic N) is 4. The number of hydrogen-bond acceptors (Lipinski definition) is 6. The number of anilines is 1. The Kier molecular flexibility index (Phi) is 4.73. The van der Waals surface area contributed by atoms with Gasteiger partial charge >= 0.3 is 5.97 Å². The SMILES string of the molecule is CCOC(=O)c1c(C)nn(-c2nc(C)cc(C)n2)c1NC(C)=O. The van der Waals surface area contributed by atoms with Crippen molar-refractivity contribution >= 4 is 17.7 Å². The molecule has 23 heavy (non-hydrogen) atoms. The maximum atomic E-state index is 12.2. The van der Waals surface area contributed by atoms with E-state index in [0.717, 1.165) is 11.4 Å². The second kappa shape index (κ2) is 6.55. The summed E-state index contributed by atoms with van der Waals surface area (Å²) in [4.78, 5) is 32.3. The van der Waals surface area contributed by atoms with E-state index in [2.05, 4.69) is 20.4 Å². The monoisotopic (exact) mass is 317 g/mol. The second-order valence-corrected chi connectivity index (χ2v) is 5.07. The molecule has 2 aromatic rings. The summed E-state index contributed by atoms with van der Waals surface area (Å²) >= 11 is 0. The average Bonchev–Trinajstić information content (AvgIpc) is 2.74. The lowest BCUT2D eigenvalue weighted by atomic mass is 10.2. The summed E-state index contributed by atoms with van der Waals surface area (Å²) in [6, 6.07) is 1.82. The fourth-order valence-corrected chi connectivity index (χ4v) is 2.20. The standard InChI is InChI=1S/C15H19N5O3/c1-6-23-14(22)12-10(4)19-20(13(12)18-11(5)21)15-16-8(2)7-9(3)17-15/h7H,6H2,1-5H3,(H,18,21). The summed E-state index contributed by atoms with van der Waals surface area (Å²) < 4.78 is 6.39. The molecule has 0 aliphatic heterocycles. The summed E-state index contributed by atoms with van der Waals surface area (Å²) in [5.74, 6) is -0.395. The van der Waals surface area contributed by atoms with Gasteiger partial charge in [0.25, 0.3) is 5.95 Å². The Morgan fingerprint density at radius 2 is 1.83 bits per heavy atom. The minimum absolute atomic E-state index is 0.199. The molecule has 0 saturated heterocycles. The molecule has 0 radical (unpaired) electrons. The molecule has 0 aliphatic carbocycles. The van der Waals surface area contributed by atoms with E-state index in [-0.39, 0.29) is 29.8 Å². The van der Waals surface area contributed by atoms with Crippen LogP contribution in [-0.2, 0) is 9.53 Å². The third kappa shape index (κ3) is 3.53. The topological polar surface area (TPSA) is 99.0 Å². The summed E-state index contributed by atoms with van der Waals surface area (Å²) in [6.45, 7) is 8.62. The number of aromatic nitrogens is 4. The number of carbonyl (C=O) groups is 2. The first-order chi connectivity index (χ1) is 10.8. The molecule has 0 aromatic carbocycles. The van der Waals surface area contributed by atoms with Gasteiger partial charge in [-0.25, -0.2) is 14.8 Å².